The highest BCUT2D eigenvalue weighted by atomic mass is 16.6. The zero-order valence-electron chi connectivity index (χ0n) is 11.5. The van der Waals surface area contributed by atoms with Gasteiger partial charge in [-0.1, -0.05) is 0 Å². The fourth-order valence-electron chi connectivity index (χ4n) is 2.62. The molecular formula is C14H16N2O5. The van der Waals surface area contributed by atoms with Crippen molar-refractivity contribution in [1.82, 2.24) is 5.32 Å². The minimum Gasteiger partial charge on any atom is -0.481 e. The summed E-state index contributed by atoms with van der Waals surface area (Å²) in [6, 6.07) is 3.90. The van der Waals surface area contributed by atoms with Crippen LogP contribution in [0.3, 0.4) is 0 Å². The molecule has 21 heavy (non-hydrogen) atoms. The lowest BCUT2D eigenvalue weighted by molar-refractivity contribution is -0.384. The number of aliphatic carboxylic acids is 1. The summed E-state index contributed by atoms with van der Waals surface area (Å²) >= 11 is 0. The number of nitrogens with one attached hydrogen (secondary N) is 1. The number of carbonyl (C=O) groups excluding carboxylic acids is 1. The van der Waals surface area contributed by atoms with Crippen LogP contribution in [-0.2, 0) is 4.79 Å². The monoisotopic (exact) mass is 292 g/mol. The number of hydrogen-bond acceptors (Lipinski definition) is 4. The van der Waals surface area contributed by atoms with Crippen molar-refractivity contribution in [3.05, 3.63) is 39.4 Å². The van der Waals surface area contributed by atoms with E-state index in [-0.39, 0.29) is 17.6 Å². The van der Waals surface area contributed by atoms with Crippen molar-refractivity contribution in [2.24, 2.45) is 5.92 Å². The molecule has 7 heteroatoms. The van der Waals surface area contributed by atoms with E-state index in [0.717, 1.165) is 0 Å². The number of aryl methyl sites for hydroxylation is 1. The van der Waals surface area contributed by atoms with Gasteiger partial charge in [-0.15, -0.1) is 0 Å². The van der Waals surface area contributed by atoms with Gasteiger partial charge in [0.25, 0.3) is 11.6 Å². The minimum absolute atomic E-state index is 0.0594. The van der Waals surface area contributed by atoms with Gasteiger partial charge in [0, 0.05) is 23.7 Å². The standard InChI is InChI=1S/C14H16N2O5/c1-8-6-11(16(20)21)4-5-12(8)13(17)15-10-3-2-9(7-10)14(18)19/h4-6,9-10H,2-3,7H2,1H3,(H,15,17)(H,18,19)/t9-,10+/m1/s1. The molecule has 1 aromatic rings. The van der Waals surface area contributed by atoms with Gasteiger partial charge in [0.1, 0.15) is 0 Å². The van der Waals surface area contributed by atoms with Crippen LogP contribution in [0.4, 0.5) is 5.69 Å². The van der Waals surface area contributed by atoms with Gasteiger partial charge >= 0.3 is 5.97 Å². The summed E-state index contributed by atoms with van der Waals surface area (Å²) in [5.74, 6) is -1.56. The molecule has 0 aromatic heterocycles. The number of rotatable bonds is 4. The quantitative estimate of drug-likeness (QED) is 0.650. The normalized spacial score (nSPS) is 21.0. The first kappa shape index (κ1) is 15.0. The molecule has 2 rings (SSSR count). The Morgan fingerprint density at radius 3 is 2.62 bits per heavy atom. The van der Waals surface area contributed by atoms with Crippen molar-refractivity contribution in [2.45, 2.75) is 32.2 Å². The van der Waals surface area contributed by atoms with Crippen LogP contribution in [0.2, 0.25) is 0 Å². The number of hydrogen-bond donors (Lipinski definition) is 2. The molecule has 1 amide bonds. The maximum Gasteiger partial charge on any atom is 0.306 e. The van der Waals surface area contributed by atoms with E-state index >= 15 is 0 Å². The SMILES string of the molecule is Cc1cc([N+](=O)[O-])ccc1C(=O)N[C@H]1CC[C@@H](C(=O)O)C1. The molecule has 0 saturated heterocycles. The average Bonchev–Trinajstić information content (AvgIpc) is 2.87. The highest BCUT2D eigenvalue weighted by Crippen LogP contribution is 2.26. The van der Waals surface area contributed by atoms with E-state index in [9.17, 15) is 19.7 Å². The topological polar surface area (TPSA) is 110 Å². The Morgan fingerprint density at radius 2 is 2.10 bits per heavy atom. The Kier molecular flexibility index (Phi) is 4.21. The molecule has 112 valence electrons. The molecule has 1 aliphatic rings. The molecule has 0 heterocycles. The van der Waals surface area contributed by atoms with E-state index in [1.807, 2.05) is 0 Å². The molecule has 0 unspecified atom stereocenters. The molecule has 0 radical (unpaired) electrons. The van der Waals surface area contributed by atoms with Gasteiger partial charge in [0.15, 0.2) is 0 Å². The summed E-state index contributed by atoms with van der Waals surface area (Å²) in [5.41, 5.74) is 0.838. The molecular weight excluding hydrogens is 276 g/mol. The molecule has 1 fully saturated rings. The Hall–Kier alpha value is -2.44. The Morgan fingerprint density at radius 1 is 1.38 bits per heavy atom. The van der Waals surface area contributed by atoms with Crippen LogP contribution in [0.25, 0.3) is 0 Å². The van der Waals surface area contributed by atoms with Crippen LogP contribution < -0.4 is 5.32 Å². The van der Waals surface area contributed by atoms with Crippen LogP contribution in [0.5, 0.6) is 0 Å². The first-order chi connectivity index (χ1) is 9.88. The second-order valence-electron chi connectivity index (χ2n) is 5.27. The summed E-state index contributed by atoms with van der Waals surface area (Å²) in [5, 5.41) is 22.4. The van der Waals surface area contributed by atoms with E-state index < -0.39 is 16.8 Å². The van der Waals surface area contributed by atoms with E-state index in [1.165, 1.54) is 18.2 Å². The highest BCUT2D eigenvalue weighted by Gasteiger charge is 2.30. The van der Waals surface area contributed by atoms with Gasteiger partial charge in [-0.25, -0.2) is 0 Å². The maximum absolute atomic E-state index is 12.2. The number of carboxylic acid groups (broad SMARTS) is 1. The van der Waals surface area contributed by atoms with Gasteiger partial charge in [-0.2, -0.15) is 0 Å². The van der Waals surface area contributed by atoms with Crippen LogP contribution in [0.1, 0.15) is 35.2 Å². The summed E-state index contributed by atoms with van der Waals surface area (Å²) in [6.07, 6.45) is 1.61. The lowest BCUT2D eigenvalue weighted by Gasteiger charge is -2.13. The van der Waals surface area contributed by atoms with Crippen molar-refractivity contribution >= 4 is 17.6 Å². The van der Waals surface area contributed by atoms with Gasteiger partial charge in [-0.3, -0.25) is 19.7 Å². The number of benzene rings is 1. The number of carboxylic acids is 1. The van der Waals surface area contributed by atoms with Crippen molar-refractivity contribution in [3.8, 4) is 0 Å². The maximum atomic E-state index is 12.2. The molecule has 1 aromatic carbocycles. The van der Waals surface area contributed by atoms with Gasteiger partial charge < -0.3 is 10.4 Å². The van der Waals surface area contributed by atoms with E-state index in [1.54, 1.807) is 6.92 Å². The number of nitrogens with zero attached hydrogens (tertiary/aromatic N) is 1. The van der Waals surface area contributed by atoms with Gasteiger partial charge in [0.05, 0.1) is 10.8 Å². The Bertz CT molecular complexity index is 599. The lowest BCUT2D eigenvalue weighted by Crippen LogP contribution is -2.33. The van der Waals surface area contributed by atoms with Crippen molar-refractivity contribution < 1.29 is 19.6 Å². The number of amides is 1. The van der Waals surface area contributed by atoms with Crippen molar-refractivity contribution in [1.29, 1.82) is 0 Å². The zero-order valence-corrected chi connectivity index (χ0v) is 11.5. The predicted octanol–water partition coefficient (Wildman–Crippen LogP) is 1.89. The molecule has 1 saturated carbocycles. The third-order valence-electron chi connectivity index (χ3n) is 3.78. The first-order valence-corrected chi connectivity index (χ1v) is 6.67. The van der Waals surface area contributed by atoms with Crippen molar-refractivity contribution in [3.63, 3.8) is 0 Å². The highest BCUT2D eigenvalue weighted by molar-refractivity contribution is 5.96. The molecule has 2 atom stereocenters. The molecule has 2 N–H and O–H groups in total. The van der Waals surface area contributed by atoms with Crippen LogP contribution >= 0.6 is 0 Å². The molecule has 0 bridgehead atoms. The van der Waals surface area contributed by atoms with E-state index in [0.29, 0.717) is 30.4 Å². The van der Waals surface area contributed by atoms with Gasteiger partial charge in [0.2, 0.25) is 0 Å². The number of non-ortho nitro benzene ring substituents is 1. The zero-order chi connectivity index (χ0) is 15.6. The summed E-state index contributed by atoms with van der Waals surface area (Å²) in [7, 11) is 0. The number of nitro benzene ring substituents is 1. The second kappa shape index (κ2) is 5.90. The summed E-state index contributed by atoms with van der Waals surface area (Å²) < 4.78 is 0. The molecule has 1 aliphatic carbocycles. The predicted molar refractivity (Wildman–Crippen MR) is 74.1 cm³/mol. The third-order valence-corrected chi connectivity index (χ3v) is 3.78. The molecule has 0 spiro atoms. The largest absolute Gasteiger partial charge is 0.481 e. The minimum atomic E-state index is -0.835. The lowest BCUT2D eigenvalue weighted by atomic mass is 10.1. The van der Waals surface area contributed by atoms with Gasteiger partial charge in [-0.05, 0) is 37.8 Å². The Balaban J connectivity index is 2.04. The van der Waals surface area contributed by atoms with Crippen LogP contribution in [0, 0.1) is 23.0 Å². The first-order valence-electron chi connectivity index (χ1n) is 6.67. The van der Waals surface area contributed by atoms with Crippen LogP contribution in [0.15, 0.2) is 18.2 Å². The van der Waals surface area contributed by atoms with Crippen molar-refractivity contribution in [2.75, 3.05) is 0 Å². The smallest absolute Gasteiger partial charge is 0.306 e. The fourth-order valence-corrected chi connectivity index (χ4v) is 2.62. The van der Waals surface area contributed by atoms with Crippen LogP contribution in [-0.4, -0.2) is 27.9 Å². The average molecular weight is 292 g/mol. The number of carbonyl (C=O) groups is 2. The van der Waals surface area contributed by atoms with E-state index in [2.05, 4.69) is 5.32 Å². The second-order valence-corrected chi connectivity index (χ2v) is 5.27. The Labute approximate surface area is 121 Å². The summed E-state index contributed by atoms with van der Waals surface area (Å²) in [4.78, 5) is 33.2. The third kappa shape index (κ3) is 3.36. The fraction of sp³-hybridized carbons (Fsp3) is 0.429. The molecule has 0 aliphatic heterocycles. The van der Waals surface area contributed by atoms with E-state index in [4.69, 9.17) is 5.11 Å². The molecule has 7 nitrogen and oxygen atoms in total. The summed E-state index contributed by atoms with van der Waals surface area (Å²) in [6.45, 7) is 1.64. The number of nitro groups is 1.